The van der Waals surface area contributed by atoms with Crippen LogP contribution in [-0.4, -0.2) is 65.6 Å². The van der Waals surface area contributed by atoms with Crippen molar-refractivity contribution < 1.29 is 18.3 Å². The van der Waals surface area contributed by atoms with Gasteiger partial charge in [0.1, 0.15) is 5.82 Å². The second kappa shape index (κ2) is 8.37. The number of piperidine rings is 1. The van der Waals surface area contributed by atoms with Gasteiger partial charge < -0.3 is 14.8 Å². The number of amides is 1. The van der Waals surface area contributed by atoms with Crippen molar-refractivity contribution >= 4 is 21.4 Å². The molecular formula is C18H26N4O4S. The molecular weight excluding hydrogens is 368 g/mol. The van der Waals surface area contributed by atoms with Gasteiger partial charge in [-0.2, -0.15) is 0 Å². The minimum Gasteiger partial charge on any atom is -0.396 e. The first-order valence-corrected chi connectivity index (χ1v) is 11.1. The van der Waals surface area contributed by atoms with Gasteiger partial charge in [-0.3, -0.25) is 4.79 Å². The van der Waals surface area contributed by atoms with E-state index in [-0.39, 0.29) is 18.4 Å². The molecule has 148 valence electrons. The normalized spacial score (nSPS) is 18.7. The molecule has 0 spiro atoms. The maximum atomic E-state index is 12.6. The molecule has 1 atom stereocenters. The summed E-state index contributed by atoms with van der Waals surface area (Å²) >= 11 is 0. The lowest BCUT2D eigenvalue weighted by molar-refractivity contribution is 0.0949. The van der Waals surface area contributed by atoms with E-state index in [1.54, 1.807) is 0 Å². The Kier molecular flexibility index (Phi) is 6.13. The number of pyridine rings is 1. The van der Waals surface area contributed by atoms with Crippen LogP contribution in [0.25, 0.3) is 5.52 Å². The third-order valence-corrected chi connectivity index (χ3v) is 6.15. The van der Waals surface area contributed by atoms with Crippen LogP contribution in [0.1, 0.15) is 47.9 Å². The molecule has 2 N–H and O–H groups in total. The highest BCUT2D eigenvalue weighted by Crippen LogP contribution is 2.29. The Balaban J connectivity index is 1.87. The molecule has 8 nitrogen and oxygen atoms in total. The van der Waals surface area contributed by atoms with E-state index in [2.05, 4.69) is 10.3 Å². The standard InChI is InChI=1S/C18H26N4O4S/c1-27(25,26)21-10-6-7-14(13-21)17-20-16(15-8-2-4-11-22(15)17)18(24)19-9-3-5-12-23/h2,4,8,11,14,23H,3,5-7,9-10,12-13H2,1H3,(H,19,24)/t14-/m0/s1. The molecule has 1 saturated heterocycles. The molecule has 0 aromatic carbocycles. The van der Waals surface area contributed by atoms with E-state index in [1.165, 1.54) is 10.6 Å². The Morgan fingerprint density at radius 3 is 2.93 bits per heavy atom. The second-order valence-corrected chi connectivity index (χ2v) is 8.90. The monoisotopic (exact) mass is 394 g/mol. The van der Waals surface area contributed by atoms with Crippen LogP contribution in [0, 0.1) is 0 Å². The van der Waals surface area contributed by atoms with Crippen molar-refractivity contribution in [3.63, 3.8) is 0 Å². The summed E-state index contributed by atoms with van der Waals surface area (Å²) in [5.41, 5.74) is 1.06. The molecule has 1 aliphatic heterocycles. The van der Waals surface area contributed by atoms with Crippen LogP contribution in [0.2, 0.25) is 0 Å². The van der Waals surface area contributed by atoms with Crippen molar-refractivity contribution in [2.24, 2.45) is 0 Å². The van der Waals surface area contributed by atoms with Crippen LogP contribution < -0.4 is 5.32 Å². The number of carbonyl (C=O) groups is 1. The van der Waals surface area contributed by atoms with Crippen molar-refractivity contribution in [3.05, 3.63) is 35.9 Å². The van der Waals surface area contributed by atoms with Crippen LogP contribution in [0.4, 0.5) is 0 Å². The molecule has 27 heavy (non-hydrogen) atoms. The highest BCUT2D eigenvalue weighted by Gasteiger charge is 2.30. The number of carbonyl (C=O) groups excluding carboxylic acids is 1. The van der Waals surface area contributed by atoms with E-state index in [9.17, 15) is 13.2 Å². The fourth-order valence-corrected chi connectivity index (χ4v) is 4.40. The number of hydrogen-bond donors (Lipinski definition) is 2. The van der Waals surface area contributed by atoms with Gasteiger partial charge in [0.15, 0.2) is 5.69 Å². The highest BCUT2D eigenvalue weighted by molar-refractivity contribution is 7.88. The molecule has 0 saturated carbocycles. The summed E-state index contributed by atoms with van der Waals surface area (Å²) in [5, 5.41) is 11.7. The zero-order valence-electron chi connectivity index (χ0n) is 15.5. The molecule has 1 fully saturated rings. The topological polar surface area (TPSA) is 104 Å². The Hall–Kier alpha value is -1.97. The average Bonchev–Trinajstić information content (AvgIpc) is 3.04. The maximum absolute atomic E-state index is 12.6. The Bertz CT molecular complexity index is 909. The molecule has 0 aliphatic carbocycles. The van der Waals surface area contributed by atoms with Gasteiger partial charge in [0, 0.05) is 38.4 Å². The van der Waals surface area contributed by atoms with E-state index in [1.807, 2.05) is 28.8 Å². The van der Waals surface area contributed by atoms with Crippen LogP contribution in [-0.2, 0) is 10.0 Å². The molecule has 9 heteroatoms. The molecule has 3 heterocycles. The number of aliphatic hydroxyl groups is 1. The van der Waals surface area contributed by atoms with Gasteiger partial charge in [0.25, 0.3) is 5.91 Å². The van der Waals surface area contributed by atoms with Crippen molar-refractivity contribution in [2.45, 2.75) is 31.6 Å². The van der Waals surface area contributed by atoms with Gasteiger partial charge in [0.05, 0.1) is 11.8 Å². The quantitative estimate of drug-likeness (QED) is 0.681. The first-order valence-electron chi connectivity index (χ1n) is 9.23. The fourth-order valence-electron chi connectivity index (χ4n) is 3.49. The lowest BCUT2D eigenvalue weighted by atomic mass is 9.99. The number of rotatable bonds is 7. The van der Waals surface area contributed by atoms with Gasteiger partial charge >= 0.3 is 0 Å². The van der Waals surface area contributed by atoms with Crippen molar-refractivity contribution in [3.8, 4) is 0 Å². The van der Waals surface area contributed by atoms with Crippen molar-refractivity contribution in [2.75, 3.05) is 32.5 Å². The molecule has 1 amide bonds. The number of sulfonamides is 1. The van der Waals surface area contributed by atoms with Crippen molar-refractivity contribution in [1.82, 2.24) is 19.0 Å². The molecule has 3 rings (SSSR count). The summed E-state index contributed by atoms with van der Waals surface area (Å²) in [7, 11) is -3.25. The number of fused-ring (bicyclic) bond motifs is 1. The van der Waals surface area contributed by atoms with E-state index in [0.29, 0.717) is 43.7 Å². The first-order chi connectivity index (χ1) is 12.9. The summed E-state index contributed by atoms with van der Waals surface area (Å²) in [6.07, 6.45) is 6.02. The van der Waals surface area contributed by atoms with Gasteiger partial charge in [-0.05, 0) is 37.8 Å². The SMILES string of the molecule is CS(=O)(=O)N1CCC[C@H](c2nc(C(=O)NCCCCO)c3ccccn23)C1. The zero-order valence-corrected chi connectivity index (χ0v) is 16.3. The van der Waals surface area contributed by atoms with Crippen LogP contribution >= 0.6 is 0 Å². The lowest BCUT2D eigenvalue weighted by Crippen LogP contribution is -2.38. The van der Waals surface area contributed by atoms with Gasteiger partial charge in [0.2, 0.25) is 10.0 Å². The Labute approximate surface area is 159 Å². The number of aromatic nitrogens is 2. The lowest BCUT2D eigenvalue weighted by Gasteiger charge is -2.30. The average molecular weight is 394 g/mol. The number of nitrogens with zero attached hydrogens (tertiary/aromatic N) is 3. The summed E-state index contributed by atoms with van der Waals surface area (Å²) < 4.78 is 27.2. The predicted molar refractivity (Wildman–Crippen MR) is 102 cm³/mol. The fraction of sp³-hybridized carbons (Fsp3) is 0.556. The predicted octanol–water partition coefficient (Wildman–Crippen LogP) is 0.976. The summed E-state index contributed by atoms with van der Waals surface area (Å²) in [6.45, 7) is 1.49. The molecule has 0 radical (unpaired) electrons. The number of hydrogen-bond acceptors (Lipinski definition) is 5. The molecule has 2 aromatic rings. The number of unbranched alkanes of at least 4 members (excludes halogenated alkanes) is 1. The van der Waals surface area contributed by atoms with Gasteiger partial charge in [-0.15, -0.1) is 0 Å². The Morgan fingerprint density at radius 1 is 1.37 bits per heavy atom. The van der Waals surface area contributed by atoms with Gasteiger partial charge in [-0.1, -0.05) is 6.07 Å². The first kappa shape index (κ1) is 19.8. The minimum atomic E-state index is -3.25. The number of imidazole rings is 1. The third-order valence-electron chi connectivity index (χ3n) is 4.88. The Morgan fingerprint density at radius 2 is 2.19 bits per heavy atom. The number of nitrogens with one attached hydrogen (secondary N) is 1. The highest BCUT2D eigenvalue weighted by atomic mass is 32.2. The molecule has 1 aliphatic rings. The smallest absolute Gasteiger partial charge is 0.272 e. The second-order valence-electron chi connectivity index (χ2n) is 6.92. The van der Waals surface area contributed by atoms with E-state index in [4.69, 9.17) is 5.11 Å². The summed E-state index contributed by atoms with van der Waals surface area (Å²) in [4.78, 5) is 17.2. The summed E-state index contributed by atoms with van der Waals surface area (Å²) in [5.74, 6) is 0.414. The van der Waals surface area contributed by atoms with Crippen LogP contribution in [0.5, 0.6) is 0 Å². The van der Waals surface area contributed by atoms with E-state index >= 15 is 0 Å². The third kappa shape index (κ3) is 4.48. The van der Waals surface area contributed by atoms with Crippen LogP contribution in [0.3, 0.4) is 0 Å². The van der Waals surface area contributed by atoms with E-state index in [0.717, 1.165) is 18.7 Å². The number of aliphatic hydroxyl groups excluding tert-OH is 1. The molecule has 2 aromatic heterocycles. The summed E-state index contributed by atoms with van der Waals surface area (Å²) in [6, 6.07) is 5.57. The molecule has 0 bridgehead atoms. The maximum Gasteiger partial charge on any atom is 0.272 e. The van der Waals surface area contributed by atoms with Crippen LogP contribution in [0.15, 0.2) is 24.4 Å². The molecule has 0 unspecified atom stereocenters. The zero-order chi connectivity index (χ0) is 19.4. The minimum absolute atomic E-state index is 0.0562. The van der Waals surface area contributed by atoms with Crippen molar-refractivity contribution in [1.29, 1.82) is 0 Å². The largest absolute Gasteiger partial charge is 0.396 e. The van der Waals surface area contributed by atoms with Gasteiger partial charge in [-0.25, -0.2) is 17.7 Å². The van der Waals surface area contributed by atoms with E-state index < -0.39 is 10.0 Å².